The summed E-state index contributed by atoms with van der Waals surface area (Å²) < 4.78 is 37.7. The summed E-state index contributed by atoms with van der Waals surface area (Å²) in [5.41, 5.74) is -0.348. The van der Waals surface area contributed by atoms with Gasteiger partial charge in [-0.3, -0.25) is 14.2 Å². The number of rotatable bonds is 3. The lowest BCUT2D eigenvalue weighted by Crippen LogP contribution is -2.56. The summed E-state index contributed by atoms with van der Waals surface area (Å²) in [6, 6.07) is 0. The van der Waals surface area contributed by atoms with Gasteiger partial charge in [-0.1, -0.05) is 0 Å². The van der Waals surface area contributed by atoms with E-state index in [9.17, 15) is 27.6 Å². The number of fused-ring (bicyclic) bond motifs is 1. The van der Waals surface area contributed by atoms with Crippen molar-refractivity contribution in [3.8, 4) is 0 Å². The third kappa shape index (κ3) is 3.15. The smallest absolute Gasteiger partial charge is 0.348 e. The van der Waals surface area contributed by atoms with Gasteiger partial charge in [-0.25, -0.2) is 9.89 Å². The Bertz CT molecular complexity index is 704. The molecule has 1 atom stereocenters. The van der Waals surface area contributed by atoms with Crippen LogP contribution in [0, 0.1) is 11.8 Å². The molecule has 2 N–H and O–H groups in total. The molecule has 0 spiro atoms. The highest BCUT2D eigenvalue weighted by Crippen LogP contribution is 2.24. The summed E-state index contributed by atoms with van der Waals surface area (Å²) >= 11 is 0. The average Bonchev–Trinajstić information content (AvgIpc) is 2.85. The molecule has 1 fully saturated rings. The molecule has 1 aromatic rings. The van der Waals surface area contributed by atoms with Crippen LogP contribution in [0.2, 0.25) is 0 Å². The van der Waals surface area contributed by atoms with E-state index in [4.69, 9.17) is 0 Å². The SMILES string of the molecule is O=C(C1CCc2n[nH]c(=O)n2C1)N1CC(CNC(=O)C(F)(F)F)C1. The lowest BCUT2D eigenvalue weighted by atomic mass is 9.93. The van der Waals surface area contributed by atoms with Crippen LogP contribution in [0.1, 0.15) is 12.2 Å². The first kappa shape index (κ1) is 16.5. The summed E-state index contributed by atoms with van der Waals surface area (Å²) in [6.45, 7) is 0.759. The topological polar surface area (TPSA) is 100 Å². The lowest BCUT2D eigenvalue weighted by Gasteiger charge is -2.41. The predicted octanol–water partition coefficient (Wildman–Crippen LogP) is -0.729. The standard InChI is InChI=1S/C13H16F3N5O3/c14-13(15,16)11(23)17-3-7-4-20(5-7)10(22)8-1-2-9-18-19-12(24)21(9)6-8/h7-8H,1-6H2,(H,17,23)(H,19,24). The van der Waals surface area contributed by atoms with E-state index in [-0.39, 0.29) is 36.5 Å². The number of likely N-dealkylation sites (tertiary alicyclic amines) is 1. The van der Waals surface area contributed by atoms with Gasteiger partial charge >= 0.3 is 17.8 Å². The molecular formula is C13H16F3N5O3. The molecule has 0 aromatic carbocycles. The van der Waals surface area contributed by atoms with Crippen LogP contribution < -0.4 is 11.0 Å². The minimum Gasteiger partial charge on any atom is -0.348 e. The first-order valence-corrected chi connectivity index (χ1v) is 7.53. The maximum atomic E-state index is 12.4. The Hall–Kier alpha value is -2.33. The van der Waals surface area contributed by atoms with Crippen molar-refractivity contribution in [3.63, 3.8) is 0 Å². The second-order valence-electron chi connectivity index (χ2n) is 6.11. The maximum Gasteiger partial charge on any atom is 0.471 e. The third-order valence-corrected chi connectivity index (χ3v) is 4.38. The molecule has 3 heterocycles. The molecule has 132 valence electrons. The zero-order valence-electron chi connectivity index (χ0n) is 12.6. The van der Waals surface area contributed by atoms with E-state index in [1.54, 1.807) is 4.90 Å². The molecule has 24 heavy (non-hydrogen) atoms. The number of carbonyl (C=O) groups is 2. The van der Waals surface area contributed by atoms with E-state index < -0.39 is 12.1 Å². The Morgan fingerprint density at radius 2 is 2.00 bits per heavy atom. The van der Waals surface area contributed by atoms with Gasteiger partial charge in [0.15, 0.2) is 0 Å². The molecular weight excluding hydrogens is 331 g/mol. The van der Waals surface area contributed by atoms with Crippen LogP contribution in [0.5, 0.6) is 0 Å². The Kier molecular flexibility index (Phi) is 4.10. The normalized spacial score (nSPS) is 21.1. The van der Waals surface area contributed by atoms with Crippen molar-refractivity contribution in [2.75, 3.05) is 19.6 Å². The molecule has 2 amide bonds. The molecule has 0 saturated carbocycles. The minimum atomic E-state index is -4.89. The summed E-state index contributed by atoms with van der Waals surface area (Å²) in [5.74, 6) is -1.98. The summed E-state index contributed by atoms with van der Waals surface area (Å²) in [7, 11) is 0. The van der Waals surface area contributed by atoms with Gasteiger partial charge in [-0.05, 0) is 6.42 Å². The Labute approximate surface area is 134 Å². The molecule has 2 aliphatic heterocycles. The first-order valence-electron chi connectivity index (χ1n) is 7.53. The van der Waals surface area contributed by atoms with E-state index in [1.165, 1.54) is 4.57 Å². The van der Waals surface area contributed by atoms with E-state index in [2.05, 4.69) is 10.2 Å². The fourth-order valence-corrected chi connectivity index (χ4v) is 3.02. The molecule has 0 aliphatic carbocycles. The monoisotopic (exact) mass is 347 g/mol. The minimum absolute atomic E-state index is 0.113. The summed E-state index contributed by atoms with van der Waals surface area (Å²) in [4.78, 5) is 36.2. The van der Waals surface area contributed by atoms with Gasteiger partial charge in [0, 0.05) is 38.5 Å². The third-order valence-electron chi connectivity index (χ3n) is 4.38. The van der Waals surface area contributed by atoms with Crippen LogP contribution in [0.3, 0.4) is 0 Å². The van der Waals surface area contributed by atoms with Crippen molar-refractivity contribution < 1.29 is 22.8 Å². The van der Waals surface area contributed by atoms with Crippen molar-refractivity contribution in [1.82, 2.24) is 25.0 Å². The molecule has 1 unspecified atom stereocenters. The predicted molar refractivity (Wildman–Crippen MR) is 73.8 cm³/mol. The summed E-state index contributed by atoms with van der Waals surface area (Å²) in [5, 5.41) is 8.03. The highest BCUT2D eigenvalue weighted by Gasteiger charge is 2.40. The molecule has 0 radical (unpaired) electrons. The van der Waals surface area contributed by atoms with Crippen molar-refractivity contribution in [3.05, 3.63) is 16.3 Å². The van der Waals surface area contributed by atoms with Gasteiger partial charge in [0.25, 0.3) is 0 Å². The number of nitrogens with zero attached hydrogens (tertiary/aromatic N) is 3. The fourth-order valence-electron chi connectivity index (χ4n) is 3.02. The zero-order chi connectivity index (χ0) is 17.5. The van der Waals surface area contributed by atoms with Crippen LogP contribution in [0.25, 0.3) is 0 Å². The number of halogens is 3. The van der Waals surface area contributed by atoms with Crippen LogP contribution in [0.15, 0.2) is 4.79 Å². The Morgan fingerprint density at radius 3 is 2.67 bits per heavy atom. The van der Waals surface area contributed by atoms with Crippen LogP contribution in [0.4, 0.5) is 13.2 Å². The number of amides is 2. The fraction of sp³-hybridized carbons (Fsp3) is 0.692. The van der Waals surface area contributed by atoms with Gasteiger partial charge in [-0.2, -0.15) is 18.3 Å². The molecule has 2 aliphatic rings. The highest BCUT2D eigenvalue weighted by atomic mass is 19.4. The maximum absolute atomic E-state index is 12.4. The number of hydrogen-bond donors (Lipinski definition) is 2. The van der Waals surface area contributed by atoms with Crippen LogP contribution >= 0.6 is 0 Å². The van der Waals surface area contributed by atoms with E-state index in [0.29, 0.717) is 31.8 Å². The van der Waals surface area contributed by atoms with Gasteiger partial charge in [0.2, 0.25) is 5.91 Å². The average molecular weight is 347 g/mol. The van der Waals surface area contributed by atoms with Gasteiger partial charge in [0.1, 0.15) is 5.82 Å². The lowest BCUT2D eigenvalue weighted by molar-refractivity contribution is -0.174. The number of H-pyrrole nitrogens is 1. The number of aromatic nitrogens is 3. The Morgan fingerprint density at radius 1 is 1.29 bits per heavy atom. The second kappa shape index (κ2) is 5.95. The molecule has 1 aromatic heterocycles. The van der Waals surface area contributed by atoms with E-state index in [0.717, 1.165) is 0 Å². The second-order valence-corrected chi connectivity index (χ2v) is 6.11. The van der Waals surface area contributed by atoms with Crippen molar-refractivity contribution in [2.24, 2.45) is 11.8 Å². The quantitative estimate of drug-likeness (QED) is 0.753. The zero-order valence-corrected chi connectivity index (χ0v) is 12.6. The molecule has 0 bridgehead atoms. The highest BCUT2D eigenvalue weighted by molar-refractivity contribution is 5.82. The van der Waals surface area contributed by atoms with Crippen LogP contribution in [-0.2, 0) is 22.6 Å². The summed E-state index contributed by atoms with van der Waals surface area (Å²) in [6.07, 6.45) is -3.79. The number of aryl methyl sites for hydroxylation is 1. The van der Waals surface area contributed by atoms with E-state index in [1.807, 2.05) is 5.32 Å². The number of alkyl halides is 3. The van der Waals surface area contributed by atoms with Gasteiger partial charge in [-0.15, -0.1) is 0 Å². The number of hydrogen-bond acceptors (Lipinski definition) is 4. The first-order chi connectivity index (χ1) is 11.3. The number of carbonyl (C=O) groups excluding carboxylic acids is 2. The van der Waals surface area contributed by atoms with Crippen molar-refractivity contribution in [1.29, 1.82) is 0 Å². The molecule has 11 heteroatoms. The molecule has 3 rings (SSSR count). The van der Waals surface area contributed by atoms with Crippen LogP contribution in [-0.4, -0.2) is 57.3 Å². The van der Waals surface area contributed by atoms with Gasteiger partial charge < -0.3 is 10.2 Å². The number of nitrogens with one attached hydrogen (secondary N) is 2. The van der Waals surface area contributed by atoms with Crippen molar-refractivity contribution >= 4 is 11.8 Å². The largest absolute Gasteiger partial charge is 0.471 e. The molecule has 1 saturated heterocycles. The van der Waals surface area contributed by atoms with E-state index >= 15 is 0 Å². The van der Waals surface area contributed by atoms with Gasteiger partial charge in [0.05, 0.1) is 5.92 Å². The Balaban J connectivity index is 1.47. The molecule has 8 nitrogen and oxygen atoms in total. The number of aromatic amines is 1. The van der Waals surface area contributed by atoms with Crippen molar-refractivity contribution in [2.45, 2.75) is 25.6 Å².